The monoisotopic (exact) mass is 756 g/mol. The summed E-state index contributed by atoms with van der Waals surface area (Å²) in [6, 6.07) is 8.32. The van der Waals surface area contributed by atoms with Crippen LogP contribution in [0.4, 0.5) is 0 Å². The summed E-state index contributed by atoms with van der Waals surface area (Å²) in [5, 5.41) is 13.5. The van der Waals surface area contributed by atoms with Crippen LogP contribution in [-0.2, 0) is 24.8 Å². The summed E-state index contributed by atoms with van der Waals surface area (Å²) in [6.45, 7) is 22.7. The van der Waals surface area contributed by atoms with Gasteiger partial charge in [0.05, 0.1) is 41.1 Å². The number of thioether (sulfide) groups is 2. The molecule has 2 unspecified atom stereocenters. The summed E-state index contributed by atoms with van der Waals surface area (Å²) in [7, 11) is -2.78. The molecule has 1 heterocycles. The van der Waals surface area contributed by atoms with E-state index in [1.165, 1.54) is 16.7 Å². The van der Waals surface area contributed by atoms with E-state index in [0.29, 0.717) is 5.75 Å². The zero-order valence-electron chi connectivity index (χ0n) is 30.3. The average Bonchev–Trinajstić information content (AvgIpc) is 3.44. The Kier molecular flexibility index (Phi) is 14.7. The largest absolute Gasteiger partial charge is 0.546 e. The van der Waals surface area contributed by atoms with Gasteiger partial charge >= 0.3 is 5.97 Å². The lowest BCUT2D eigenvalue weighted by atomic mass is 10.0. The minimum absolute atomic E-state index is 0.00606. The van der Waals surface area contributed by atoms with Crippen LogP contribution in [0.25, 0.3) is 10.1 Å². The molecule has 2 aromatic rings. The topological polar surface area (TPSA) is 65.0 Å². The predicted octanol–water partition coefficient (Wildman–Crippen LogP) is 10.7. The minimum Gasteiger partial charge on any atom is -0.546 e. The molecule has 5 nitrogen and oxygen atoms in total. The number of thiophene rings is 1. The van der Waals surface area contributed by atoms with E-state index in [1.807, 2.05) is 23.9 Å². The quantitative estimate of drug-likeness (QED) is 0.0792. The normalized spacial score (nSPS) is 20.2. The Morgan fingerprint density at radius 2 is 1.72 bits per heavy atom. The van der Waals surface area contributed by atoms with Crippen LogP contribution in [0, 0.1) is 5.92 Å². The van der Waals surface area contributed by atoms with E-state index in [9.17, 15) is 9.90 Å². The number of hydrogen-bond acceptors (Lipinski definition) is 8. The molecule has 3 rings (SSSR count). The van der Waals surface area contributed by atoms with Crippen LogP contribution in [0.1, 0.15) is 59.3 Å². The van der Waals surface area contributed by atoms with Crippen molar-refractivity contribution in [2.45, 2.75) is 115 Å². The molecule has 1 aliphatic carbocycles. The highest BCUT2D eigenvalue weighted by Crippen LogP contribution is 2.45. The third kappa shape index (κ3) is 11.1. The van der Waals surface area contributed by atoms with Gasteiger partial charge in [0.15, 0.2) is 8.32 Å². The molecular formula is C36H57ClO5S3Si2. The van der Waals surface area contributed by atoms with Gasteiger partial charge in [-0.15, -0.1) is 23.1 Å². The van der Waals surface area contributed by atoms with Crippen LogP contribution in [0.3, 0.4) is 0 Å². The number of halogens is 1. The lowest BCUT2D eigenvalue weighted by molar-refractivity contribution is -0.137. The smallest absolute Gasteiger partial charge is 0.315 e. The molecule has 0 spiro atoms. The number of aliphatic hydroxyl groups is 1. The molecule has 0 bridgehead atoms. The summed E-state index contributed by atoms with van der Waals surface area (Å²) >= 11 is 12.1. The molecule has 1 N–H and O–H groups in total. The first-order valence-electron chi connectivity index (χ1n) is 16.6. The Bertz CT molecular complexity index is 1390. The van der Waals surface area contributed by atoms with E-state index in [4.69, 9.17) is 25.2 Å². The van der Waals surface area contributed by atoms with Gasteiger partial charge in [0, 0.05) is 20.9 Å². The van der Waals surface area contributed by atoms with Gasteiger partial charge in [-0.25, -0.2) is 0 Å². The number of methoxy groups -OCH3 is 1. The van der Waals surface area contributed by atoms with Crippen molar-refractivity contribution in [2.24, 2.45) is 5.92 Å². The molecule has 264 valence electrons. The van der Waals surface area contributed by atoms with E-state index in [0.717, 1.165) is 46.9 Å². The van der Waals surface area contributed by atoms with E-state index in [1.54, 1.807) is 23.1 Å². The van der Waals surface area contributed by atoms with Crippen molar-refractivity contribution in [1.82, 2.24) is 0 Å². The van der Waals surface area contributed by atoms with Crippen LogP contribution in [0.2, 0.25) is 41.3 Å². The second-order valence-electron chi connectivity index (χ2n) is 15.4. The maximum Gasteiger partial charge on any atom is 0.315 e. The maximum absolute atomic E-state index is 11.5. The number of carbonyl (C=O) groups is 1. The number of ether oxygens (including phenoxy) is 1. The Morgan fingerprint density at radius 3 is 2.34 bits per heavy atom. The van der Waals surface area contributed by atoms with Crippen molar-refractivity contribution in [1.29, 1.82) is 0 Å². The molecule has 0 amide bonds. The lowest BCUT2D eigenvalue weighted by Gasteiger charge is -2.39. The average molecular weight is 758 g/mol. The van der Waals surface area contributed by atoms with Gasteiger partial charge in [-0.2, -0.15) is 11.8 Å². The molecule has 0 saturated heterocycles. The summed E-state index contributed by atoms with van der Waals surface area (Å²) in [5.74, 6) is 2.75. The number of aliphatic hydroxyl groups excluding tert-OH is 1. The van der Waals surface area contributed by atoms with Crippen LogP contribution >= 0.6 is 46.5 Å². The maximum atomic E-state index is 11.5. The number of rotatable bonds is 16. The fourth-order valence-electron chi connectivity index (χ4n) is 4.78. The molecule has 0 aliphatic heterocycles. The highest BCUT2D eigenvalue weighted by Gasteiger charge is 2.44. The molecule has 4 atom stereocenters. The van der Waals surface area contributed by atoms with Crippen molar-refractivity contribution >= 4 is 79.2 Å². The molecule has 0 fully saturated rings. The predicted molar refractivity (Wildman–Crippen MR) is 212 cm³/mol. The molecular weight excluding hydrogens is 700 g/mol. The summed E-state index contributed by atoms with van der Waals surface area (Å²) < 4.78 is 19.9. The summed E-state index contributed by atoms with van der Waals surface area (Å²) in [5.41, 5.74) is 0. The lowest BCUT2D eigenvalue weighted by Crippen LogP contribution is -2.43. The minimum atomic E-state index is -2.12. The molecule has 47 heavy (non-hydrogen) atoms. The van der Waals surface area contributed by atoms with Gasteiger partial charge < -0.3 is 18.7 Å². The van der Waals surface area contributed by atoms with Gasteiger partial charge in [-0.05, 0) is 79.2 Å². The molecule has 11 heteroatoms. The van der Waals surface area contributed by atoms with Gasteiger partial charge in [-0.3, -0.25) is 4.79 Å². The first-order valence-corrected chi connectivity index (χ1v) is 25.9. The number of esters is 1. The van der Waals surface area contributed by atoms with Crippen molar-refractivity contribution in [2.75, 3.05) is 24.4 Å². The third-order valence-corrected chi connectivity index (χ3v) is 22.9. The molecule has 0 radical (unpaired) electrons. The highest BCUT2D eigenvalue weighted by atomic mass is 35.5. The summed E-state index contributed by atoms with van der Waals surface area (Å²) in [6.07, 6.45) is 8.20. The van der Waals surface area contributed by atoms with E-state index >= 15 is 0 Å². The first-order chi connectivity index (χ1) is 21.8. The Labute approximate surface area is 303 Å². The van der Waals surface area contributed by atoms with Crippen molar-refractivity contribution in [3.63, 3.8) is 0 Å². The highest BCUT2D eigenvalue weighted by molar-refractivity contribution is 8.00. The van der Waals surface area contributed by atoms with Gasteiger partial charge in [0.2, 0.25) is 8.32 Å². The number of fused-ring (bicyclic) bond motifs is 1. The Morgan fingerprint density at radius 1 is 1.06 bits per heavy atom. The third-order valence-electron chi connectivity index (χ3n) is 9.77. The van der Waals surface area contributed by atoms with Crippen LogP contribution in [0.5, 0.6) is 0 Å². The van der Waals surface area contributed by atoms with Crippen LogP contribution < -0.4 is 0 Å². The van der Waals surface area contributed by atoms with Gasteiger partial charge in [0.25, 0.3) is 0 Å². The van der Waals surface area contributed by atoms with Crippen molar-refractivity contribution < 1.29 is 23.5 Å². The fraction of sp³-hybridized carbons (Fsp3) is 0.639. The van der Waals surface area contributed by atoms with E-state index in [-0.39, 0.29) is 33.3 Å². The fourth-order valence-corrected chi connectivity index (χ4v) is 11.1. The molecule has 1 aliphatic rings. The van der Waals surface area contributed by atoms with Crippen LogP contribution in [0.15, 0.2) is 48.3 Å². The second-order valence-corrected chi connectivity index (χ2v) is 28.8. The molecule has 1 aromatic heterocycles. The van der Waals surface area contributed by atoms with E-state index < -0.39 is 22.7 Å². The number of benzene rings is 1. The van der Waals surface area contributed by atoms with Gasteiger partial charge in [0.1, 0.15) is 0 Å². The zero-order valence-corrected chi connectivity index (χ0v) is 35.5. The standard InChI is InChI=1S/C36H57ClO5S3Si2/c1-35(2,3)46(8,9)41-25(18-20-31-33(37)27-15-12-13-16-30(27)45-31)17-19-26-28(38)23-29(42-47(10,11)36(4,5)6)34(26)44-22-14-21-43-24-32(39)40-7/h12-13,15-17,19,23,25-26,28,34,38H,14,18,20-22,24H2,1-11H3/b19-17+/t25?,26?,28-,34-/m1/s1. The Hall–Kier alpha value is -0.726. The SMILES string of the molecule is COC(=O)CSCCCS[C@H]1C(O[Si](C)(C)C(C)(C)C)=C[C@@H](O)C1/C=C/C(CCc1sc2ccccc2c1Cl)O[Si](C)(C)C(C)(C)C. The zero-order chi connectivity index (χ0) is 35.2. The molecule has 1 aromatic carbocycles. The van der Waals surface area contributed by atoms with Gasteiger partial charge in [-0.1, -0.05) is 83.5 Å². The number of aryl methyl sites for hydroxylation is 1. The molecule has 0 saturated carbocycles. The van der Waals surface area contributed by atoms with Crippen molar-refractivity contribution in [3.05, 3.63) is 58.2 Å². The van der Waals surface area contributed by atoms with Crippen molar-refractivity contribution in [3.8, 4) is 0 Å². The Balaban J connectivity index is 1.84. The second kappa shape index (κ2) is 17.0. The first kappa shape index (κ1) is 40.7. The van der Waals surface area contributed by atoms with E-state index in [2.05, 4.69) is 98.1 Å². The van der Waals surface area contributed by atoms with Crippen LogP contribution in [-0.4, -0.2) is 69.5 Å². The summed E-state index contributed by atoms with van der Waals surface area (Å²) in [4.78, 5) is 12.7. The number of hydrogen-bond donors (Lipinski definition) is 1. The number of carbonyl (C=O) groups excluding carboxylic acids is 1.